The van der Waals surface area contributed by atoms with Crippen molar-refractivity contribution in [3.05, 3.63) is 47.0 Å². The van der Waals surface area contributed by atoms with Crippen molar-refractivity contribution in [1.82, 2.24) is 19.7 Å². The molecule has 1 N–H and O–H groups in total. The van der Waals surface area contributed by atoms with Crippen LogP contribution in [0.5, 0.6) is 0 Å². The molecule has 0 aromatic carbocycles. The Labute approximate surface area is 152 Å². The number of aliphatic hydroxyl groups is 1. The van der Waals surface area contributed by atoms with Gasteiger partial charge < -0.3 is 10.0 Å². The molecule has 0 aliphatic carbocycles. The van der Waals surface area contributed by atoms with Gasteiger partial charge in [0.15, 0.2) is 0 Å². The van der Waals surface area contributed by atoms with Crippen molar-refractivity contribution in [2.45, 2.75) is 32.7 Å². The van der Waals surface area contributed by atoms with E-state index in [9.17, 15) is 9.90 Å². The van der Waals surface area contributed by atoms with Crippen molar-refractivity contribution < 1.29 is 9.90 Å². The Morgan fingerprint density at radius 3 is 2.77 bits per heavy atom. The van der Waals surface area contributed by atoms with Crippen LogP contribution in [0.3, 0.4) is 0 Å². The summed E-state index contributed by atoms with van der Waals surface area (Å²) < 4.78 is 1.89. The highest BCUT2D eigenvalue weighted by Gasteiger charge is 2.37. The molecule has 1 fully saturated rings. The molecule has 7 heteroatoms. The molecule has 1 saturated heterocycles. The molecule has 0 bridgehead atoms. The minimum Gasteiger partial charge on any atom is -0.396 e. The number of nitriles is 1. The number of aromatic nitrogens is 3. The van der Waals surface area contributed by atoms with Crippen LogP contribution in [0.25, 0.3) is 0 Å². The molecule has 0 radical (unpaired) electrons. The first-order valence-corrected chi connectivity index (χ1v) is 8.76. The number of carbonyl (C=O) groups excluding carboxylic acids is 1. The van der Waals surface area contributed by atoms with E-state index in [-0.39, 0.29) is 30.4 Å². The Balaban J connectivity index is 1.80. The largest absolute Gasteiger partial charge is 0.396 e. The van der Waals surface area contributed by atoms with Crippen molar-refractivity contribution in [3.8, 4) is 6.07 Å². The zero-order valence-corrected chi connectivity index (χ0v) is 15.3. The van der Waals surface area contributed by atoms with E-state index in [4.69, 9.17) is 5.26 Å². The monoisotopic (exact) mass is 353 g/mol. The van der Waals surface area contributed by atoms with Gasteiger partial charge in [-0.25, -0.2) is 4.98 Å². The van der Waals surface area contributed by atoms with Crippen LogP contribution in [0.4, 0.5) is 0 Å². The van der Waals surface area contributed by atoms with Crippen LogP contribution in [0.2, 0.25) is 0 Å². The lowest BCUT2D eigenvalue weighted by Gasteiger charge is -2.16. The third-order valence-corrected chi connectivity index (χ3v) is 4.97. The van der Waals surface area contributed by atoms with Gasteiger partial charge in [0, 0.05) is 43.8 Å². The summed E-state index contributed by atoms with van der Waals surface area (Å²) >= 11 is 0. The van der Waals surface area contributed by atoms with Gasteiger partial charge in [-0.15, -0.1) is 0 Å². The number of aryl methyl sites for hydroxylation is 1. The minimum atomic E-state index is -0.171. The topological polar surface area (TPSA) is 95.0 Å². The molecule has 1 aliphatic heterocycles. The lowest BCUT2D eigenvalue weighted by molar-refractivity contribution is 0.0775. The van der Waals surface area contributed by atoms with Crippen LogP contribution < -0.4 is 0 Å². The Hall–Kier alpha value is -2.72. The van der Waals surface area contributed by atoms with Crippen LogP contribution in [0.1, 0.15) is 53.1 Å². The zero-order chi connectivity index (χ0) is 18.8. The first-order chi connectivity index (χ1) is 12.4. The molecule has 2 atom stereocenters. The maximum absolute atomic E-state index is 12.8. The molecule has 3 rings (SSSR count). The lowest BCUT2D eigenvalue weighted by atomic mass is 9.92. The second-order valence-electron chi connectivity index (χ2n) is 7.05. The zero-order valence-electron chi connectivity index (χ0n) is 15.3. The number of amides is 1. The lowest BCUT2D eigenvalue weighted by Crippen LogP contribution is -2.30. The van der Waals surface area contributed by atoms with Gasteiger partial charge in [-0.05, 0) is 38.5 Å². The highest BCUT2D eigenvalue weighted by Crippen LogP contribution is 2.33. The summed E-state index contributed by atoms with van der Waals surface area (Å²) in [5.41, 5.74) is 2.38. The van der Waals surface area contributed by atoms with E-state index in [0.29, 0.717) is 30.0 Å². The van der Waals surface area contributed by atoms with Crippen molar-refractivity contribution in [3.63, 3.8) is 0 Å². The number of aliphatic hydroxyl groups excluding tert-OH is 1. The van der Waals surface area contributed by atoms with Gasteiger partial charge in [0.1, 0.15) is 11.8 Å². The number of hydrogen-bond acceptors (Lipinski definition) is 5. The fourth-order valence-electron chi connectivity index (χ4n) is 3.39. The predicted molar refractivity (Wildman–Crippen MR) is 95.5 cm³/mol. The van der Waals surface area contributed by atoms with Gasteiger partial charge >= 0.3 is 0 Å². The van der Waals surface area contributed by atoms with Crippen LogP contribution >= 0.6 is 0 Å². The summed E-state index contributed by atoms with van der Waals surface area (Å²) in [6, 6.07) is 5.54. The molecule has 0 saturated carbocycles. The van der Waals surface area contributed by atoms with E-state index in [1.807, 2.05) is 17.1 Å². The van der Waals surface area contributed by atoms with Gasteiger partial charge in [0.25, 0.3) is 5.91 Å². The molecule has 2 aromatic heterocycles. The molecule has 0 unspecified atom stereocenters. The van der Waals surface area contributed by atoms with E-state index in [1.54, 1.807) is 24.0 Å². The fraction of sp³-hybridized carbons (Fsp3) is 0.474. The summed E-state index contributed by atoms with van der Waals surface area (Å²) in [5, 5.41) is 23.2. The molecular weight excluding hydrogens is 330 g/mol. The molecule has 7 nitrogen and oxygen atoms in total. The molecule has 26 heavy (non-hydrogen) atoms. The molecule has 1 amide bonds. The molecule has 3 heterocycles. The van der Waals surface area contributed by atoms with E-state index in [1.165, 1.54) is 0 Å². The minimum absolute atomic E-state index is 0.0150. The SMILES string of the molecule is Cc1nc(C(=O)N2C[C@@H](CO)[C@H](c3cnn(C(C)C)c3)C2)ccc1C#N. The number of hydrogen-bond donors (Lipinski definition) is 1. The van der Waals surface area contributed by atoms with E-state index in [0.717, 1.165) is 5.56 Å². The first-order valence-electron chi connectivity index (χ1n) is 8.76. The van der Waals surface area contributed by atoms with Gasteiger partial charge in [0.2, 0.25) is 0 Å². The summed E-state index contributed by atoms with van der Waals surface area (Å²) in [6.45, 7) is 6.86. The van der Waals surface area contributed by atoms with E-state index < -0.39 is 0 Å². The molecule has 1 aliphatic rings. The third-order valence-electron chi connectivity index (χ3n) is 4.97. The van der Waals surface area contributed by atoms with Crippen LogP contribution in [-0.4, -0.2) is 50.4 Å². The summed E-state index contributed by atoms with van der Waals surface area (Å²) in [7, 11) is 0. The van der Waals surface area contributed by atoms with Crippen molar-refractivity contribution in [2.24, 2.45) is 5.92 Å². The van der Waals surface area contributed by atoms with Gasteiger partial charge in [-0.2, -0.15) is 10.4 Å². The quantitative estimate of drug-likeness (QED) is 0.905. The fourth-order valence-corrected chi connectivity index (χ4v) is 3.39. The van der Waals surface area contributed by atoms with Gasteiger partial charge in [-0.3, -0.25) is 9.48 Å². The smallest absolute Gasteiger partial charge is 0.272 e. The number of carbonyl (C=O) groups is 1. The third kappa shape index (κ3) is 3.33. The normalized spacial score (nSPS) is 19.8. The average molecular weight is 353 g/mol. The highest BCUT2D eigenvalue weighted by molar-refractivity contribution is 5.92. The number of nitrogens with zero attached hydrogens (tertiary/aromatic N) is 5. The average Bonchev–Trinajstić information content (AvgIpc) is 3.27. The summed E-state index contributed by atoms with van der Waals surface area (Å²) in [6.07, 6.45) is 3.82. The number of likely N-dealkylation sites (tertiary alicyclic amines) is 1. The highest BCUT2D eigenvalue weighted by atomic mass is 16.3. The maximum atomic E-state index is 12.8. The summed E-state index contributed by atoms with van der Waals surface area (Å²) in [4.78, 5) is 18.8. The molecular formula is C19H23N5O2. The standard InChI is InChI=1S/C19H23N5O2/c1-12(2)24-9-15(7-21-24)17-10-23(8-16(17)11-25)19(26)18-5-4-14(6-20)13(3)22-18/h4-5,7,9,12,16-17,25H,8,10-11H2,1-3H3/t16-,17-/m0/s1. The predicted octanol–water partition coefficient (Wildman–Crippen LogP) is 1.89. The van der Waals surface area contributed by atoms with Crippen LogP contribution in [-0.2, 0) is 0 Å². The first kappa shape index (κ1) is 18.1. The number of pyridine rings is 1. The Kier molecular flexibility index (Phi) is 5.05. The summed E-state index contributed by atoms with van der Waals surface area (Å²) in [5.74, 6) is -0.144. The van der Waals surface area contributed by atoms with E-state index in [2.05, 4.69) is 30.0 Å². The molecule has 0 spiro atoms. The Bertz CT molecular complexity index is 852. The molecule has 2 aromatic rings. The van der Waals surface area contributed by atoms with Crippen molar-refractivity contribution in [2.75, 3.05) is 19.7 Å². The van der Waals surface area contributed by atoms with Crippen molar-refractivity contribution >= 4 is 5.91 Å². The Morgan fingerprint density at radius 1 is 1.42 bits per heavy atom. The number of rotatable bonds is 4. The Morgan fingerprint density at radius 2 is 2.19 bits per heavy atom. The van der Waals surface area contributed by atoms with Crippen molar-refractivity contribution in [1.29, 1.82) is 5.26 Å². The van der Waals surface area contributed by atoms with Crippen LogP contribution in [0, 0.1) is 24.2 Å². The van der Waals surface area contributed by atoms with Gasteiger partial charge in [0.05, 0.1) is 17.5 Å². The van der Waals surface area contributed by atoms with E-state index >= 15 is 0 Å². The maximum Gasteiger partial charge on any atom is 0.272 e. The second kappa shape index (κ2) is 7.26. The molecule has 136 valence electrons. The van der Waals surface area contributed by atoms with Gasteiger partial charge in [-0.1, -0.05) is 0 Å². The second-order valence-corrected chi connectivity index (χ2v) is 7.05. The van der Waals surface area contributed by atoms with Crippen LogP contribution in [0.15, 0.2) is 24.5 Å².